The molecule has 8 atom stereocenters. The summed E-state index contributed by atoms with van der Waals surface area (Å²) in [5.41, 5.74) is 2.60. The molecule has 0 heterocycles. The lowest BCUT2D eigenvalue weighted by atomic mass is 9.47. The number of hydrogen-bond donors (Lipinski definition) is 1. The number of hydrogen-bond acceptors (Lipinski definition) is 1. The van der Waals surface area contributed by atoms with Crippen molar-refractivity contribution in [2.45, 2.75) is 111 Å². The van der Waals surface area contributed by atoms with Crippen LogP contribution in [0.4, 0.5) is 0 Å². The van der Waals surface area contributed by atoms with Crippen LogP contribution in [-0.2, 0) is 0 Å². The molecule has 4 aliphatic carbocycles. The molecule has 1 heteroatoms. The topological polar surface area (TPSA) is 20.2 Å². The van der Waals surface area contributed by atoms with Gasteiger partial charge in [0, 0.05) is 0 Å². The SMILES string of the molecule is CC(C)CCC[C@@H](C)[C@H]1CC(O)[C@H]2[C@@H]3CC=C4CCCC[C@]4(C)[C@H]3CC[C@]12C. The highest BCUT2D eigenvalue weighted by atomic mass is 16.3. The van der Waals surface area contributed by atoms with Gasteiger partial charge in [-0.2, -0.15) is 0 Å². The number of aliphatic hydroxyl groups excluding tert-OH is 1. The van der Waals surface area contributed by atoms with E-state index in [9.17, 15) is 5.11 Å². The summed E-state index contributed by atoms with van der Waals surface area (Å²) < 4.78 is 0. The average molecular weight is 387 g/mol. The quantitative estimate of drug-likeness (QED) is 0.488. The molecule has 0 aromatic rings. The van der Waals surface area contributed by atoms with E-state index < -0.39 is 0 Å². The average Bonchev–Trinajstić information content (AvgIpc) is 2.92. The zero-order chi connectivity index (χ0) is 20.1. The second kappa shape index (κ2) is 7.75. The highest BCUT2D eigenvalue weighted by molar-refractivity contribution is 5.25. The van der Waals surface area contributed by atoms with Crippen LogP contribution in [0.2, 0.25) is 0 Å². The van der Waals surface area contributed by atoms with Gasteiger partial charge in [0.15, 0.2) is 0 Å². The number of rotatable bonds is 5. The number of allylic oxidation sites excluding steroid dienone is 2. The van der Waals surface area contributed by atoms with Crippen molar-refractivity contribution in [1.82, 2.24) is 0 Å². The molecule has 0 amide bonds. The van der Waals surface area contributed by atoms with E-state index in [-0.39, 0.29) is 6.10 Å². The minimum atomic E-state index is -0.0579. The molecule has 3 saturated carbocycles. The van der Waals surface area contributed by atoms with Gasteiger partial charge in [-0.05, 0) is 91.3 Å². The Morgan fingerprint density at radius 2 is 1.89 bits per heavy atom. The van der Waals surface area contributed by atoms with Crippen molar-refractivity contribution < 1.29 is 5.11 Å². The molecule has 1 N–H and O–H groups in total. The number of fused-ring (bicyclic) bond motifs is 5. The Morgan fingerprint density at radius 3 is 2.64 bits per heavy atom. The van der Waals surface area contributed by atoms with E-state index in [1.165, 1.54) is 64.2 Å². The summed E-state index contributed by atoms with van der Waals surface area (Å²) in [5, 5.41) is 11.3. The normalized spacial score (nSPS) is 46.5. The summed E-state index contributed by atoms with van der Waals surface area (Å²) in [4.78, 5) is 0. The van der Waals surface area contributed by atoms with Crippen LogP contribution in [0.3, 0.4) is 0 Å². The molecule has 0 spiro atoms. The summed E-state index contributed by atoms with van der Waals surface area (Å²) in [7, 11) is 0. The van der Waals surface area contributed by atoms with Gasteiger partial charge in [0.25, 0.3) is 0 Å². The first kappa shape index (κ1) is 21.0. The third-order valence-electron chi connectivity index (χ3n) is 10.2. The summed E-state index contributed by atoms with van der Waals surface area (Å²) >= 11 is 0. The molecule has 1 unspecified atom stereocenters. The van der Waals surface area contributed by atoms with Crippen LogP contribution < -0.4 is 0 Å². The van der Waals surface area contributed by atoms with E-state index in [4.69, 9.17) is 0 Å². The molecular formula is C27H46O. The molecule has 1 nitrogen and oxygen atoms in total. The lowest BCUT2D eigenvalue weighted by molar-refractivity contribution is -0.0766. The van der Waals surface area contributed by atoms with Crippen LogP contribution in [0.5, 0.6) is 0 Å². The predicted octanol–water partition coefficient (Wildman–Crippen LogP) is 7.39. The van der Waals surface area contributed by atoms with Gasteiger partial charge in [-0.1, -0.05) is 72.0 Å². The molecule has 4 rings (SSSR count). The van der Waals surface area contributed by atoms with Crippen LogP contribution in [0.25, 0.3) is 0 Å². The van der Waals surface area contributed by atoms with E-state index >= 15 is 0 Å². The van der Waals surface area contributed by atoms with E-state index in [1.54, 1.807) is 5.57 Å². The number of aliphatic hydroxyl groups is 1. The van der Waals surface area contributed by atoms with Crippen molar-refractivity contribution in [2.75, 3.05) is 0 Å². The summed E-state index contributed by atoms with van der Waals surface area (Å²) in [6.45, 7) is 12.4. The minimum absolute atomic E-state index is 0.0579. The van der Waals surface area contributed by atoms with E-state index in [2.05, 4.69) is 40.7 Å². The van der Waals surface area contributed by atoms with Crippen LogP contribution >= 0.6 is 0 Å². The smallest absolute Gasteiger partial charge is 0.0579 e. The zero-order valence-electron chi connectivity index (χ0n) is 19.3. The lowest BCUT2D eigenvalue weighted by Crippen LogP contribution is -2.51. The summed E-state index contributed by atoms with van der Waals surface area (Å²) in [5.74, 6) is 4.41. The van der Waals surface area contributed by atoms with Gasteiger partial charge in [0.2, 0.25) is 0 Å². The highest BCUT2D eigenvalue weighted by Gasteiger charge is 2.61. The van der Waals surface area contributed by atoms with Crippen molar-refractivity contribution >= 4 is 0 Å². The van der Waals surface area contributed by atoms with Crippen LogP contribution in [0.15, 0.2) is 11.6 Å². The molecule has 0 saturated heterocycles. The van der Waals surface area contributed by atoms with E-state index in [0.29, 0.717) is 16.7 Å². The fraction of sp³-hybridized carbons (Fsp3) is 0.926. The maximum Gasteiger partial charge on any atom is 0.0579 e. The van der Waals surface area contributed by atoms with Crippen molar-refractivity contribution in [1.29, 1.82) is 0 Å². The van der Waals surface area contributed by atoms with Gasteiger partial charge in [-0.15, -0.1) is 0 Å². The maximum absolute atomic E-state index is 11.3. The minimum Gasteiger partial charge on any atom is -0.393 e. The van der Waals surface area contributed by atoms with Crippen LogP contribution in [0, 0.1) is 46.3 Å². The Balaban J connectivity index is 1.54. The van der Waals surface area contributed by atoms with Crippen molar-refractivity contribution in [2.24, 2.45) is 46.3 Å². The Labute approximate surface area is 174 Å². The molecule has 28 heavy (non-hydrogen) atoms. The highest BCUT2D eigenvalue weighted by Crippen LogP contribution is 2.67. The van der Waals surface area contributed by atoms with Gasteiger partial charge < -0.3 is 5.11 Å². The fourth-order valence-electron chi connectivity index (χ4n) is 8.74. The van der Waals surface area contributed by atoms with Crippen molar-refractivity contribution in [3.05, 3.63) is 11.6 Å². The molecular weight excluding hydrogens is 340 g/mol. The van der Waals surface area contributed by atoms with Gasteiger partial charge in [-0.25, -0.2) is 0 Å². The molecule has 0 radical (unpaired) electrons. The first-order valence-electron chi connectivity index (χ1n) is 12.6. The summed E-state index contributed by atoms with van der Waals surface area (Å²) in [6.07, 6.45) is 17.3. The van der Waals surface area contributed by atoms with E-state index in [0.717, 1.165) is 36.0 Å². The van der Waals surface area contributed by atoms with Crippen molar-refractivity contribution in [3.8, 4) is 0 Å². The Bertz CT molecular complexity index is 591. The van der Waals surface area contributed by atoms with Crippen LogP contribution in [0.1, 0.15) is 105 Å². The first-order valence-corrected chi connectivity index (χ1v) is 12.6. The lowest BCUT2D eigenvalue weighted by Gasteiger charge is -2.58. The van der Waals surface area contributed by atoms with Gasteiger partial charge in [0.05, 0.1) is 6.10 Å². The molecule has 0 bridgehead atoms. The summed E-state index contributed by atoms with van der Waals surface area (Å²) in [6, 6.07) is 0. The molecule has 0 aromatic heterocycles. The monoisotopic (exact) mass is 386 g/mol. The Morgan fingerprint density at radius 1 is 1.11 bits per heavy atom. The van der Waals surface area contributed by atoms with Gasteiger partial charge in [-0.3, -0.25) is 0 Å². The maximum atomic E-state index is 11.3. The second-order valence-corrected chi connectivity index (χ2v) is 12.1. The molecule has 3 fully saturated rings. The van der Waals surface area contributed by atoms with Crippen LogP contribution in [-0.4, -0.2) is 11.2 Å². The molecule has 160 valence electrons. The Hall–Kier alpha value is -0.300. The molecule has 0 aliphatic heterocycles. The zero-order valence-corrected chi connectivity index (χ0v) is 19.3. The first-order chi connectivity index (χ1) is 13.3. The van der Waals surface area contributed by atoms with Gasteiger partial charge in [0.1, 0.15) is 0 Å². The molecule has 0 aromatic carbocycles. The Kier molecular flexibility index (Phi) is 5.80. The predicted molar refractivity (Wildman–Crippen MR) is 119 cm³/mol. The third-order valence-corrected chi connectivity index (χ3v) is 10.2. The second-order valence-electron chi connectivity index (χ2n) is 12.1. The van der Waals surface area contributed by atoms with Crippen molar-refractivity contribution in [3.63, 3.8) is 0 Å². The fourth-order valence-corrected chi connectivity index (χ4v) is 8.74. The third kappa shape index (κ3) is 3.32. The standard InChI is InChI=1S/C27H46O/c1-18(2)9-8-10-19(3)23-17-24(28)25-21-13-12-20-11-6-7-15-26(20,4)22(21)14-16-27(23,25)5/h12,18-19,21-25,28H,6-11,13-17H2,1-5H3/t19-,21-,22+,23-,24?,25-,26+,27-/m1/s1. The molecule has 4 aliphatic rings. The van der Waals surface area contributed by atoms with Gasteiger partial charge >= 0.3 is 0 Å². The largest absolute Gasteiger partial charge is 0.393 e. The van der Waals surface area contributed by atoms with E-state index in [1.807, 2.05) is 0 Å².